The van der Waals surface area contributed by atoms with Crippen molar-refractivity contribution in [2.24, 2.45) is 11.8 Å². The molecule has 2 aromatic carbocycles. The minimum Gasteiger partial charge on any atom is -0.473 e. The van der Waals surface area contributed by atoms with Gasteiger partial charge in [-0.05, 0) is 79.3 Å². The molecule has 7 heterocycles. The Labute approximate surface area is 379 Å². The normalized spacial score (nSPS) is 14.9. The molecular weight excluding hydrogens is 835 g/mol. The van der Waals surface area contributed by atoms with Gasteiger partial charge in [0.25, 0.3) is 0 Å². The van der Waals surface area contributed by atoms with Crippen LogP contribution in [-0.2, 0) is 34.0 Å². The summed E-state index contributed by atoms with van der Waals surface area (Å²) in [5.41, 5.74) is 9.68. The van der Waals surface area contributed by atoms with E-state index in [1.807, 2.05) is 54.7 Å². The number of ether oxygens (including phenoxy) is 2. The summed E-state index contributed by atoms with van der Waals surface area (Å²) in [4.78, 5) is 45.7. The first-order valence-corrected chi connectivity index (χ1v) is 22.4. The lowest BCUT2D eigenvalue weighted by Crippen LogP contribution is -2.36. The molecule has 0 spiro atoms. The van der Waals surface area contributed by atoms with E-state index in [2.05, 4.69) is 101 Å². The lowest BCUT2D eigenvalue weighted by atomic mass is 10.1. The molecule has 0 unspecified atom stereocenters. The highest BCUT2D eigenvalue weighted by atomic mass is 16.5. The van der Waals surface area contributed by atoms with Crippen LogP contribution in [0.15, 0.2) is 116 Å². The zero-order chi connectivity index (χ0) is 44.4. The second kappa shape index (κ2) is 17.9. The number of amides is 2. The second-order valence-electron chi connectivity index (χ2n) is 16.8. The molecule has 17 nitrogen and oxygen atoms in total. The molecule has 2 aliphatic carbocycles. The summed E-state index contributed by atoms with van der Waals surface area (Å²) in [5, 5.41) is 22.0. The molecule has 66 heavy (non-hydrogen) atoms. The van der Waals surface area contributed by atoms with Gasteiger partial charge >= 0.3 is 0 Å². The van der Waals surface area contributed by atoms with Crippen LogP contribution in [0.4, 0.5) is 29.1 Å². The van der Waals surface area contributed by atoms with Crippen LogP contribution in [0.25, 0.3) is 33.8 Å². The Morgan fingerprint density at radius 3 is 1.85 bits per heavy atom. The van der Waals surface area contributed by atoms with Crippen molar-refractivity contribution in [3.63, 3.8) is 0 Å². The predicted molar refractivity (Wildman–Crippen MR) is 250 cm³/mol. The largest absolute Gasteiger partial charge is 0.473 e. The Bertz CT molecular complexity index is 3010. The van der Waals surface area contributed by atoms with E-state index in [1.165, 1.54) is 0 Å². The third kappa shape index (κ3) is 9.19. The van der Waals surface area contributed by atoms with Crippen molar-refractivity contribution >= 4 is 52.2 Å². The number of benzene rings is 2. The van der Waals surface area contributed by atoms with Gasteiger partial charge in [0, 0.05) is 60.8 Å². The average Bonchev–Trinajstić information content (AvgIpc) is 4.31. The summed E-state index contributed by atoms with van der Waals surface area (Å²) in [7, 11) is 0. The third-order valence-corrected chi connectivity index (χ3v) is 12.0. The fourth-order valence-electron chi connectivity index (χ4n) is 7.88. The van der Waals surface area contributed by atoms with Crippen LogP contribution in [0.3, 0.4) is 0 Å². The molecule has 17 heteroatoms. The molecular formula is C49H47N13O4. The van der Waals surface area contributed by atoms with Gasteiger partial charge in [0.05, 0.1) is 48.4 Å². The van der Waals surface area contributed by atoms with Gasteiger partial charge in [-0.15, -0.1) is 10.2 Å². The van der Waals surface area contributed by atoms with Crippen molar-refractivity contribution in [3.8, 4) is 28.4 Å². The highest BCUT2D eigenvalue weighted by Crippen LogP contribution is 2.32. The van der Waals surface area contributed by atoms with Crippen LogP contribution in [0, 0.1) is 11.8 Å². The molecule has 0 atom stereocenters. The topological polar surface area (TPSA) is 190 Å². The monoisotopic (exact) mass is 881 g/mol. The van der Waals surface area contributed by atoms with Crippen molar-refractivity contribution < 1.29 is 19.1 Å². The summed E-state index contributed by atoms with van der Waals surface area (Å²) in [6.07, 6.45) is 7.21. The lowest BCUT2D eigenvalue weighted by Gasteiger charge is -2.27. The summed E-state index contributed by atoms with van der Waals surface area (Å²) in [6.45, 7) is 4.57. The molecule has 1 saturated heterocycles. The molecule has 4 N–H and O–H groups in total. The Hall–Kier alpha value is -7.92. The van der Waals surface area contributed by atoms with Gasteiger partial charge < -0.3 is 25.0 Å². The van der Waals surface area contributed by atoms with Crippen molar-refractivity contribution in [1.29, 1.82) is 0 Å². The van der Waals surface area contributed by atoms with Crippen molar-refractivity contribution in [2.75, 3.05) is 52.5 Å². The maximum Gasteiger partial charge on any atom is 0.249 e. The van der Waals surface area contributed by atoms with Gasteiger partial charge in [-0.3, -0.25) is 20.2 Å². The van der Waals surface area contributed by atoms with E-state index in [0.717, 1.165) is 108 Å². The first-order valence-electron chi connectivity index (χ1n) is 22.4. The van der Waals surface area contributed by atoms with Crippen molar-refractivity contribution in [2.45, 2.75) is 45.4 Å². The van der Waals surface area contributed by atoms with E-state index in [9.17, 15) is 9.59 Å². The van der Waals surface area contributed by atoms with Gasteiger partial charge in [0.15, 0.2) is 11.3 Å². The zero-order valence-electron chi connectivity index (χ0n) is 36.1. The molecule has 0 radical (unpaired) electrons. The number of carbonyl (C=O) groups is 2. The minimum atomic E-state index is -0.0603. The molecule has 3 fully saturated rings. The second-order valence-corrected chi connectivity index (χ2v) is 16.8. The molecule has 3 aliphatic rings. The van der Waals surface area contributed by atoms with E-state index in [-0.39, 0.29) is 36.2 Å². The fourth-order valence-corrected chi connectivity index (χ4v) is 7.88. The molecule has 2 amide bonds. The molecule has 2 saturated carbocycles. The summed E-state index contributed by atoms with van der Waals surface area (Å²) in [5.74, 6) is 2.00. The Morgan fingerprint density at radius 1 is 0.636 bits per heavy atom. The number of nitrogens with zero attached hydrogens (tertiary/aromatic N) is 9. The first-order chi connectivity index (χ1) is 32.5. The maximum atomic E-state index is 12.7. The van der Waals surface area contributed by atoms with Crippen LogP contribution in [0.1, 0.15) is 42.4 Å². The van der Waals surface area contributed by atoms with E-state index in [0.29, 0.717) is 36.2 Å². The van der Waals surface area contributed by atoms with E-state index in [4.69, 9.17) is 19.6 Å². The zero-order valence-corrected chi connectivity index (χ0v) is 36.1. The number of rotatable bonds is 16. The van der Waals surface area contributed by atoms with E-state index >= 15 is 0 Å². The van der Waals surface area contributed by atoms with E-state index < -0.39 is 0 Å². The number of nitrogens with one attached hydrogen (secondary N) is 4. The van der Waals surface area contributed by atoms with Gasteiger partial charge in [-0.25, -0.2) is 19.0 Å². The number of fused-ring (bicyclic) bond motifs is 2. The number of aromatic nitrogens is 8. The number of hydrogen-bond acceptors (Lipinski definition) is 13. The standard InChI is InChI=1S/C49H47N13O4/c63-46(35-12-13-35)56-48-54-43-3-1-2-40(61(43)58-48)33-8-4-31(5-9-33)27-51-39-18-21-44(53-29-39)66-30-37-16-19-41(62-45(37)55-49(59-62)57-47(64)36-14-15-36)34-10-6-32(7-11-34)26-50-38-17-20-42(52-28-38)60-22-24-65-25-23-60/h1-11,16-21,28-29,35-36,50-51H,12-15,22-27,30H2,(H,56,58,63)(H,57,59,64). The van der Waals surface area contributed by atoms with Crippen molar-refractivity contribution in [3.05, 3.63) is 132 Å². The Kier molecular flexibility index (Phi) is 11.1. The molecule has 332 valence electrons. The number of hydrogen-bond donors (Lipinski definition) is 4. The maximum absolute atomic E-state index is 12.7. The Balaban J connectivity index is 0.722. The number of carbonyl (C=O) groups excluding carboxylic acids is 2. The molecule has 11 rings (SSSR count). The first kappa shape index (κ1) is 40.8. The molecule has 6 aromatic heterocycles. The van der Waals surface area contributed by atoms with Crippen LogP contribution in [0.2, 0.25) is 0 Å². The number of anilines is 5. The molecule has 8 aromatic rings. The summed E-state index contributed by atoms with van der Waals surface area (Å²) >= 11 is 0. The Morgan fingerprint density at radius 2 is 1.24 bits per heavy atom. The average molecular weight is 882 g/mol. The van der Waals surface area contributed by atoms with E-state index in [1.54, 1.807) is 15.2 Å². The van der Waals surface area contributed by atoms with Crippen LogP contribution >= 0.6 is 0 Å². The van der Waals surface area contributed by atoms with Gasteiger partial charge in [0.2, 0.25) is 29.6 Å². The summed E-state index contributed by atoms with van der Waals surface area (Å²) < 4.78 is 15.2. The molecule has 0 bridgehead atoms. The quantitative estimate of drug-likeness (QED) is 0.0761. The summed E-state index contributed by atoms with van der Waals surface area (Å²) in [6, 6.07) is 34.2. The fraction of sp³-hybridized carbons (Fsp3) is 0.265. The smallest absolute Gasteiger partial charge is 0.249 e. The highest BCUT2D eigenvalue weighted by Gasteiger charge is 2.31. The highest BCUT2D eigenvalue weighted by molar-refractivity contribution is 5.93. The molecule has 1 aliphatic heterocycles. The third-order valence-electron chi connectivity index (χ3n) is 12.0. The number of pyridine rings is 4. The van der Waals surface area contributed by atoms with Gasteiger partial charge in [0.1, 0.15) is 12.4 Å². The van der Waals surface area contributed by atoms with Gasteiger partial charge in [-0.1, -0.05) is 54.6 Å². The van der Waals surface area contributed by atoms with Gasteiger partial charge in [-0.2, -0.15) is 9.97 Å². The van der Waals surface area contributed by atoms with Crippen LogP contribution in [-0.4, -0.2) is 77.3 Å². The predicted octanol–water partition coefficient (Wildman–Crippen LogP) is 7.23. The van der Waals surface area contributed by atoms with Crippen molar-refractivity contribution in [1.82, 2.24) is 39.2 Å². The number of morpholine rings is 1. The van der Waals surface area contributed by atoms with Crippen LogP contribution < -0.4 is 30.9 Å². The van der Waals surface area contributed by atoms with Crippen LogP contribution in [0.5, 0.6) is 5.88 Å². The SMILES string of the molecule is O=C(Nc1nc2cccc(-c3ccc(CNc4ccc(OCc5ccc(-c6ccc(CNc7ccc(N8CCOCC8)nc7)cc6)n6nc(NC(=O)C7CC7)nc56)nc4)cc3)n2n1)C1CC1. The minimum absolute atomic E-state index is 0.0119. The lowest BCUT2D eigenvalue weighted by molar-refractivity contribution is -0.118.